The highest BCUT2D eigenvalue weighted by Crippen LogP contribution is 2.27. The van der Waals surface area contributed by atoms with Crippen LogP contribution in [0.5, 0.6) is 0 Å². The molecule has 14 heavy (non-hydrogen) atoms. The zero-order valence-corrected chi connectivity index (χ0v) is 9.76. The second-order valence-corrected chi connectivity index (χ2v) is 4.99. The molecule has 0 aromatic rings. The number of rotatable bonds is 5. The largest absolute Gasteiger partial charge is 0.329 e. The molecule has 1 saturated carbocycles. The quantitative estimate of drug-likeness (QED) is 0.711. The molecule has 0 spiro atoms. The fourth-order valence-electron chi connectivity index (χ4n) is 2.53. The Bertz CT molecular complexity index is 139. The van der Waals surface area contributed by atoms with Crippen LogP contribution in [-0.2, 0) is 0 Å². The van der Waals surface area contributed by atoms with Gasteiger partial charge in [0.05, 0.1) is 0 Å². The third kappa shape index (κ3) is 4.43. The second-order valence-electron chi connectivity index (χ2n) is 4.99. The third-order valence-electron chi connectivity index (χ3n) is 3.20. The van der Waals surface area contributed by atoms with E-state index in [0.717, 1.165) is 12.5 Å². The summed E-state index contributed by atoms with van der Waals surface area (Å²) in [4.78, 5) is 0. The van der Waals surface area contributed by atoms with Crippen molar-refractivity contribution in [1.82, 2.24) is 5.32 Å². The molecular weight excluding hydrogens is 172 g/mol. The summed E-state index contributed by atoms with van der Waals surface area (Å²) in [7, 11) is 0. The van der Waals surface area contributed by atoms with Crippen molar-refractivity contribution in [3.8, 4) is 0 Å². The first-order chi connectivity index (χ1) is 6.72. The van der Waals surface area contributed by atoms with Crippen molar-refractivity contribution in [3.05, 3.63) is 0 Å². The molecule has 1 rings (SSSR count). The molecule has 84 valence electrons. The van der Waals surface area contributed by atoms with Crippen LogP contribution in [0.1, 0.15) is 52.4 Å². The Morgan fingerprint density at radius 3 is 2.36 bits per heavy atom. The average Bonchev–Trinajstić information content (AvgIpc) is 2.17. The van der Waals surface area contributed by atoms with Gasteiger partial charge in [-0.15, -0.1) is 0 Å². The van der Waals surface area contributed by atoms with E-state index >= 15 is 0 Å². The van der Waals surface area contributed by atoms with Gasteiger partial charge >= 0.3 is 0 Å². The molecule has 0 saturated heterocycles. The SMILES string of the molecule is CC(C)NC(CN)CC1CCCCC1. The Labute approximate surface area is 88.6 Å². The zero-order valence-electron chi connectivity index (χ0n) is 9.76. The minimum absolute atomic E-state index is 0.540. The van der Waals surface area contributed by atoms with Gasteiger partial charge in [-0.25, -0.2) is 0 Å². The average molecular weight is 198 g/mol. The summed E-state index contributed by atoms with van der Waals surface area (Å²) >= 11 is 0. The molecule has 0 aromatic carbocycles. The monoisotopic (exact) mass is 198 g/mol. The van der Waals surface area contributed by atoms with Crippen LogP contribution in [0.3, 0.4) is 0 Å². The topological polar surface area (TPSA) is 38.0 Å². The molecule has 2 nitrogen and oxygen atoms in total. The van der Waals surface area contributed by atoms with Crippen molar-refractivity contribution in [2.45, 2.75) is 64.5 Å². The number of nitrogens with two attached hydrogens (primary N) is 1. The Morgan fingerprint density at radius 1 is 1.21 bits per heavy atom. The minimum atomic E-state index is 0.540. The van der Waals surface area contributed by atoms with Crippen molar-refractivity contribution in [2.24, 2.45) is 11.7 Å². The van der Waals surface area contributed by atoms with Gasteiger partial charge in [-0.1, -0.05) is 46.0 Å². The van der Waals surface area contributed by atoms with Gasteiger partial charge in [0.1, 0.15) is 0 Å². The highest BCUT2D eigenvalue weighted by atomic mass is 15.0. The van der Waals surface area contributed by atoms with Gasteiger partial charge in [-0.05, 0) is 12.3 Å². The standard InChI is InChI=1S/C12H26N2/c1-10(2)14-12(9-13)8-11-6-4-3-5-7-11/h10-12,14H,3-9,13H2,1-2H3. The van der Waals surface area contributed by atoms with E-state index in [2.05, 4.69) is 19.2 Å². The predicted octanol–water partition coefficient (Wildman–Crippen LogP) is 2.28. The van der Waals surface area contributed by atoms with Crippen LogP contribution in [0.4, 0.5) is 0 Å². The van der Waals surface area contributed by atoms with Gasteiger partial charge in [0.25, 0.3) is 0 Å². The van der Waals surface area contributed by atoms with Crippen molar-refractivity contribution < 1.29 is 0 Å². The van der Waals surface area contributed by atoms with Crippen LogP contribution < -0.4 is 11.1 Å². The van der Waals surface area contributed by atoms with Crippen LogP contribution in [0, 0.1) is 5.92 Å². The molecule has 1 aliphatic carbocycles. The van der Waals surface area contributed by atoms with Crippen LogP contribution in [-0.4, -0.2) is 18.6 Å². The van der Waals surface area contributed by atoms with Crippen molar-refractivity contribution in [3.63, 3.8) is 0 Å². The predicted molar refractivity (Wildman–Crippen MR) is 62.3 cm³/mol. The summed E-state index contributed by atoms with van der Waals surface area (Å²) in [6.07, 6.45) is 8.45. The lowest BCUT2D eigenvalue weighted by molar-refractivity contribution is 0.292. The maximum Gasteiger partial charge on any atom is 0.0195 e. The summed E-state index contributed by atoms with van der Waals surface area (Å²) < 4.78 is 0. The van der Waals surface area contributed by atoms with Crippen molar-refractivity contribution in [2.75, 3.05) is 6.54 Å². The van der Waals surface area contributed by atoms with Crippen molar-refractivity contribution >= 4 is 0 Å². The normalized spacial score (nSPS) is 21.4. The lowest BCUT2D eigenvalue weighted by atomic mass is 9.84. The minimum Gasteiger partial charge on any atom is -0.329 e. The second kappa shape index (κ2) is 6.41. The van der Waals surface area contributed by atoms with Crippen LogP contribution >= 0.6 is 0 Å². The first-order valence-electron chi connectivity index (χ1n) is 6.18. The molecule has 3 N–H and O–H groups in total. The van der Waals surface area contributed by atoms with E-state index in [1.54, 1.807) is 0 Å². The first-order valence-corrected chi connectivity index (χ1v) is 6.18. The van der Waals surface area contributed by atoms with E-state index in [1.807, 2.05) is 0 Å². The number of hydrogen-bond acceptors (Lipinski definition) is 2. The smallest absolute Gasteiger partial charge is 0.0195 e. The van der Waals surface area contributed by atoms with Gasteiger partial charge in [0.2, 0.25) is 0 Å². The van der Waals surface area contributed by atoms with Gasteiger partial charge in [0, 0.05) is 18.6 Å². The Hall–Kier alpha value is -0.0800. The molecule has 1 aliphatic rings. The lowest BCUT2D eigenvalue weighted by Crippen LogP contribution is -2.41. The van der Waals surface area contributed by atoms with E-state index in [0.29, 0.717) is 12.1 Å². The Kier molecular flexibility index (Phi) is 5.49. The third-order valence-corrected chi connectivity index (χ3v) is 3.20. The van der Waals surface area contributed by atoms with E-state index in [9.17, 15) is 0 Å². The Balaban J connectivity index is 2.23. The fraction of sp³-hybridized carbons (Fsp3) is 1.00. The van der Waals surface area contributed by atoms with E-state index in [4.69, 9.17) is 5.73 Å². The molecule has 0 aromatic heterocycles. The van der Waals surface area contributed by atoms with Gasteiger partial charge in [0.15, 0.2) is 0 Å². The highest BCUT2D eigenvalue weighted by molar-refractivity contribution is 4.76. The molecule has 0 radical (unpaired) electrons. The molecule has 0 bridgehead atoms. The fourth-order valence-corrected chi connectivity index (χ4v) is 2.53. The van der Waals surface area contributed by atoms with E-state index in [1.165, 1.54) is 38.5 Å². The van der Waals surface area contributed by atoms with Crippen LogP contribution in [0.25, 0.3) is 0 Å². The van der Waals surface area contributed by atoms with E-state index < -0.39 is 0 Å². The molecule has 1 atom stereocenters. The summed E-state index contributed by atoms with van der Waals surface area (Å²) in [5.74, 6) is 0.934. The number of hydrogen-bond donors (Lipinski definition) is 2. The van der Waals surface area contributed by atoms with E-state index in [-0.39, 0.29) is 0 Å². The summed E-state index contributed by atoms with van der Waals surface area (Å²) in [6.45, 7) is 5.18. The summed E-state index contributed by atoms with van der Waals surface area (Å²) in [5.41, 5.74) is 5.78. The van der Waals surface area contributed by atoms with Crippen LogP contribution in [0.15, 0.2) is 0 Å². The molecule has 0 heterocycles. The molecular formula is C12H26N2. The van der Waals surface area contributed by atoms with Gasteiger partial charge in [-0.3, -0.25) is 0 Å². The molecule has 1 fully saturated rings. The maximum absolute atomic E-state index is 5.78. The Morgan fingerprint density at radius 2 is 1.86 bits per heavy atom. The van der Waals surface area contributed by atoms with Crippen molar-refractivity contribution in [1.29, 1.82) is 0 Å². The zero-order chi connectivity index (χ0) is 10.4. The maximum atomic E-state index is 5.78. The van der Waals surface area contributed by atoms with Gasteiger partial charge in [-0.2, -0.15) is 0 Å². The lowest BCUT2D eigenvalue weighted by Gasteiger charge is -2.27. The number of nitrogens with one attached hydrogen (secondary N) is 1. The molecule has 0 amide bonds. The molecule has 2 heteroatoms. The van der Waals surface area contributed by atoms with Crippen LogP contribution in [0.2, 0.25) is 0 Å². The highest BCUT2D eigenvalue weighted by Gasteiger charge is 2.18. The molecule has 0 aliphatic heterocycles. The van der Waals surface area contributed by atoms with Gasteiger partial charge < -0.3 is 11.1 Å². The molecule has 1 unspecified atom stereocenters. The first kappa shape index (κ1) is 12.0. The summed E-state index contributed by atoms with van der Waals surface area (Å²) in [5, 5.41) is 3.55. The summed E-state index contributed by atoms with van der Waals surface area (Å²) in [6, 6.07) is 1.10.